The summed E-state index contributed by atoms with van der Waals surface area (Å²) in [4.78, 5) is 28.3. The topological polar surface area (TPSA) is 63.0 Å². The highest BCUT2D eigenvalue weighted by Crippen LogP contribution is 2.34. The maximum atomic E-state index is 12.5. The molecule has 0 N–H and O–H groups in total. The van der Waals surface area contributed by atoms with Crippen LogP contribution in [0.3, 0.4) is 0 Å². The first-order chi connectivity index (χ1) is 13.7. The fourth-order valence-electron chi connectivity index (χ4n) is 4.27. The molecule has 3 aromatic rings. The molecule has 5 rings (SSSR count). The third kappa shape index (κ3) is 2.94. The van der Waals surface area contributed by atoms with Crippen LogP contribution < -0.4 is 10.4 Å². The van der Waals surface area contributed by atoms with Crippen molar-refractivity contribution in [2.45, 2.75) is 25.8 Å². The molecule has 0 aliphatic carbocycles. The molecule has 6 heteroatoms. The molecule has 6 nitrogen and oxygen atoms in total. The van der Waals surface area contributed by atoms with Gasteiger partial charge in [0.2, 0.25) is 5.91 Å². The van der Waals surface area contributed by atoms with Crippen molar-refractivity contribution >= 4 is 27.6 Å². The van der Waals surface area contributed by atoms with Crippen molar-refractivity contribution in [1.82, 2.24) is 9.80 Å². The Morgan fingerprint density at radius 2 is 1.82 bits per heavy atom. The predicted molar refractivity (Wildman–Crippen MR) is 106 cm³/mol. The lowest BCUT2D eigenvalue weighted by Crippen LogP contribution is -2.35. The van der Waals surface area contributed by atoms with Gasteiger partial charge in [0.05, 0.1) is 10.9 Å². The van der Waals surface area contributed by atoms with E-state index in [9.17, 15) is 9.59 Å². The average Bonchev–Trinajstić information content (AvgIpc) is 3.13. The number of carbonyl (C=O) groups excluding carboxylic acids is 1. The molecule has 0 radical (unpaired) electrons. The van der Waals surface area contributed by atoms with Crippen LogP contribution in [0.25, 0.3) is 21.7 Å². The van der Waals surface area contributed by atoms with E-state index in [2.05, 4.69) is 4.90 Å². The van der Waals surface area contributed by atoms with Crippen LogP contribution in [-0.4, -0.2) is 42.1 Å². The number of amides is 1. The second-order valence-electron chi connectivity index (χ2n) is 7.52. The van der Waals surface area contributed by atoms with Gasteiger partial charge in [-0.05, 0) is 36.4 Å². The second kappa shape index (κ2) is 6.95. The average molecular weight is 378 g/mol. The summed E-state index contributed by atoms with van der Waals surface area (Å²) in [6, 6.07) is 11.5. The monoisotopic (exact) mass is 378 g/mol. The molecule has 0 unspecified atom stereocenters. The normalized spacial score (nSPS) is 17.3. The van der Waals surface area contributed by atoms with Crippen LogP contribution in [0.15, 0.2) is 45.6 Å². The molecule has 0 bridgehead atoms. The fraction of sp³-hybridized carbons (Fsp3) is 0.364. The molecular weight excluding hydrogens is 356 g/mol. The Balaban J connectivity index is 1.41. The first kappa shape index (κ1) is 17.3. The van der Waals surface area contributed by atoms with Gasteiger partial charge in [0.25, 0.3) is 0 Å². The van der Waals surface area contributed by atoms with Crippen LogP contribution in [0.4, 0.5) is 0 Å². The third-order valence-corrected chi connectivity index (χ3v) is 5.71. The lowest BCUT2D eigenvalue weighted by Gasteiger charge is -2.29. The first-order valence-electron chi connectivity index (χ1n) is 9.81. The molecule has 1 fully saturated rings. The van der Waals surface area contributed by atoms with Crippen LogP contribution in [-0.2, 0) is 11.3 Å². The van der Waals surface area contributed by atoms with Crippen molar-refractivity contribution in [3.05, 3.63) is 52.4 Å². The van der Waals surface area contributed by atoms with Gasteiger partial charge in [0.15, 0.2) is 0 Å². The Hall–Kier alpha value is -2.86. The maximum Gasteiger partial charge on any atom is 0.344 e. The molecule has 2 aliphatic heterocycles. The van der Waals surface area contributed by atoms with E-state index in [1.165, 1.54) is 0 Å². The van der Waals surface area contributed by atoms with Crippen molar-refractivity contribution in [2.75, 3.05) is 26.4 Å². The summed E-state index contributed by atoms with van der Waals surface area (Å²) in [5.41, 5.74) is 1.21. The number of rotatable bonds is 4. The van der Waals surface area contributed by atoms with E-state index in [1.54, 1.807) is 6.07 Å². The molecule has 144 valence electrons. The summed E-state index contributed by atoms with van der Waals surface area (Å²) in [5.74, 6) is 1.04. The summed E-state index contributed by atoms with van der Waals surface area (Å²) in [6.07, 6.45) is 2.55. The van der Waals surface area contributed by atoms with Gasteiger partial charge in [-0.2, -0.15) is 0 Å². The van der Waals surface area contributed by atoms with Crippen LogP contribution in [0, 0.1) is 0 Å². The molecule has 3 heterocycles. The van der Waals surface area contributed by atoms with E-state index in [1.807, 2.05) is 35.2 Å². The zero-order valence-electron chi connectivity index (χ0n) is 15.6. The fourth-order valence-corrected chi connectivity index (χ4v) is 4.27. The van der Waals surface area contributed by atoms with Crippen molar-refractivity contribution < 1.29 is 13.9 Å². The van der Waals surface area contributed by atoms with Crippen molar-refractivity contribution in [1.29, 1.82) is 0 Å². The standard InChI is InChI=1S/C22H22N2O4/c25-20-7-3-11-24(20)12-4-10-23-13-18-19(27-14-23)9-8-16-15-5-1-2-6-17(15)22(26)28-21(16)18/h1-2,5-6,8-9H,3-4,7,10-14H2. The lowest BCUT2D eigenvalue weighted by atomic mass is 10.0. The highest BCUT2D eigenvalue weighted by molar-refractivity contribution is 6.05. The van der Waals surface area contributed by atoms with Crippen molar-refractivity contribution in [3.8, 4) is 5.75 Å². The highest BCUT2D eigenvalue weighted by atomic mass is 16.5. The smallest absolute Gasteiger partial charge is 0.344 e. The van der Waals surface area contributed by atoms with E-state index < -0.39 is 0 Å². The van der Waals surface area contributed by atoms with Gasteiger partial charge < -0.3 is 14.1 Å². The Kier molecular flexibility index (Phi) is 4.28. The van der Waals surface area contributed by atoms with Crippen LogP contribution in [0.2, 0.25) is 0 Å². The molecule has 1 saturated heterocycles. The minimum Gasteiger partial charge on any atom is -0.478 e. The van der Waals surface area contributed by atoms with Gasteiger partial charge in [-0.3, -0.25) is 9.69 Å². The van der Waals surface area contributed by atoms with Crippen molar-refractivity contribution in [3.63, 3.8) is 0 Å². The maximum absolute atomic E-state index is 12.5. The number of carbonyl (C=O) groups is 1. The number of hydrogen-bond donors (Lipinski definition) is 0. The second-order valence-corrected chi connectivity index (χ2v) is 7.52. The van der Waals surface area contributed by atoms with Crippen molar-refractivity contribution in [2.24, 2.45) is 0 Å². The van der Waals surface area contributed by atoms with Crippen LogP contribution in [0.1, 0.15) is 24.8 Å². The van der Waals surface area contributed by atoms with Gasteiger partial charge in [0.1, 0.15) is 18.1 Å². The molecule has 0 spiro atoms. The van der Waals surface area contributed by atoms with Crippen LogP contribution >= 0.6 is 0 Å². The summed E-state index contributed by atoms with van der Waals surface area (Å²) in [6.45, 7) is 3.67. The van der Waals surface area contributed by atoms with Crippen LogP contribution in [0.5, 0.6) is 5.75 Å². The van der Waals surface area contributed by atoms with E-state index in [4.69, 9.17) is 9.15 Å². The summed E-state index contributed by atoms with van der Waals surface area (Å²) >= 11 is 0. The number of fused-ring (bicyclic) bond motifs is 5. The molecule has 28 heavy (non-hydrogen) atoms. The zero-order valence-corrected chi connectivity index (χ0v) is 15.6. The minimum atomic E-state index is -0.318. The van der Waals surface area contributed by atoms with Gasteiger partial charge in [-0.15, -0.1) is 0 Å². The highest BCUT2D eigenvalue weighted by Gasteiger charge is 2.23. The van der Waals surface area contributed by atoms with Gasteiger partial charge in [-0.25, -0.2) is 4.79 Å². The van der Waals surface area contributed by atoms with E-state index in [0.717, 1.165) is 54.6 Å². The quantitative estimate of drug-likeness (QED) is 0.516. The summed E-state index contributed by atoms with van der Waals surface area (Å²) in [5, 5.41) is 2.43. The summed E-state index contributed by atoms with van der Waals surface area (Å²) in [7, 11) is 0. The van der Waals surface area contributed by atoms with Gasteiger partial charge >= 0.3 is 5.63 Å². The Morgan fingerprint density at radius 3 is 2.64 bits per heavy atom. The number of hydrogen-bond acceptors (Lipinski definition) is 5. The predicted octanol–water partition coefficient (Wildman–Crippen LogP) is 3.11. The molecule has 0 saturated carbocycles. The molecule has 1 amide bonds. The molecule has 2 aromatic carbocycles. The van der Waals surface area contributed by atoms with E-state index >= 15 is 0 Å². The Morgan fingerprint density at radius 1 is 0.964 bits per heavy atom. The Bertz CT molecular complexity index is 1120. The van der Waals surface area contributed by atoms with Gasteiger partial charge in [-0.1, -0.05) is 18.2 Å². The van der Waals surface area contributed by atoms with E-state index in [0.29, 0.717) is 30.7 Å². The third-order valence-electron chi connectivity index (χ3n) is 5.71. The Labute approximate surface area is 162 Å². The minimum absolute atomic E-state index is 0.264. The zero-order chi connectivity index (χ0) is 19.1. The number of ether oxygens (including phenoxy) is 1. The number of benzene rings is 2. The number of likely N-dealkylation sites (tertiary alicyclic amines) is 1. The summed E-state index contributed by atoms with van der Waals surface area (Å²) < 4.78 is 11.6. The number of nitrogens with zero attached hydrogens (tertiary/aromatic N) is 2. The molecule has 0 atom stereocenters. The molecule has 1 aromatic heterocycles. The SMILES string of the molecule is O=C1CCCN1CCCN1COc2ccc3c(oc(=O)c4ccccc43)c2C1. The van der Waals surface area contributed by atoms with Gasteiger partial charge in [0, 0.05) is 38.0 Å². The first-order valence-corrected chi connectivity index (χ1v) is 9.81. The largest absolute Gasteiger partial charge is 0.478 e. The molecule has 2 aliphatic rings. The lowest BCUT2D eigenvalue weighted by molar-refractivity contribution is -0.127. The van der Waals surface area contributed by atoms with E-state index in [-0.39, 0.29) is 11.5 Å². The molecular formula is C22H22N2O4.